The van der Waals surface area contributed by atoms with Gasteiger partial charge in [0.25, 0.3) is 0 Å². The lowest BCUT2D eigenvalue weighted by atomic mass is 9.92. The van der Waals surface area contributed by atoms with E-state index < -0.39 is 17.2 Å². The van der Waals surface area contributed by atoms with E-state index in [-0.39, 0.29) is 17.5 Å². The van der Waals surface area contributed by atoms with E-state index in [1.165, 1.54) is 18.2 Å². The Morgan fingerprint density at radius 3 is 2.11 bits per heavy atom. The molecule has 1 atom stereocenters. The Morgan fingerprint density at radius 1 is 1.11 bits per heavy atom. The third-order valence-electron chi connectivity index (χ3n) is 2.94. The van der Waals surface area contributed by atoms with Crippen molar-refractivity contribution in [3.05, 3.63) is 35.4 Å². The molecule has 0 fully saturated rings. The molecule has 0 aliphatic heterocycles. The highest BCUT2D eigenvalue weighted by atomic mass is 19.1. The molecule has 0 saturated heterocycles. The Kier molecular flexibility index (Phi) is 5.04. The Balaban J connectivity index is 2.64. The van der Waals surface area contributed by atoms with E-state index in [1.54, 1.807) is 6.92 Å². The number of hydrogen-bond acceptors (Lipinski definition) is 2. The van der Waals surface area contributed by atoms with Crippen LogP contribution in [0, 0.1) is 11.6 Å². The topological polar surface area (TPSA) is 32.3 Å². The SMILES string of the molecule is CC(O)(CCNC(C)(C)C)Cc1c(F)cccc1F. The van der Waals surface area contributed by atoms with Crippen molar-refractivity contribution < 1.29 is 13.9 Å². The molecular formula is C15H23F2NO. The molecule has 0 aliphatic rings. The number of hydrogen-bond donors (Lipinski definition) is 2. The van der Waals surface area contributed by atoms with Crippen molar-refractivity contribution >= 4 is 0 Å². The van der Waals surface area contributed by atoms with Crippen molar-refractivity contribution in [2.75, 3.05) is 6.54 Å². The zero-order valence-corrected chi connectivity index (χ0v) is 12.1. The second kappa shape index (κ2) is 5.97. The molecule has 1 rings (SSSR count). The fraction of sp³-hybridized carbons (Fsp3) is 0.600. The molecule has 1 unspecified atom stereocenters. The molecule has 0 bridgehead atoms. The summed E-state index contributed by atoms with van der Waals surface area (Å²) in [4.78, 5) is 0. The molecule has 19 heavy (non-hydrogen) atoms. The van der Waals surface area contributed by atoms with E-state index in [4.69, 9.17) is 0 Å². The van der Waals surface area contributed by atoms with Crippen LogP contribution in [0.15, 0.2) is 18.2 Å². The number of halogens is 2. The zero-order valence-electron chi connectivity index (χ0n) is 12.1. The summed E-state index contributed by atoms with van der Waals surface area (Å²) in [6, 6.07) is 3.74. The summed E-state index contributed by atoms with van der Waals surface area (Å²) in [5.41, 5.74) is -1.23. The smallest absolute Gasteiger partial charge is 0.129 e. The number of nitrogens with one attached hydrogen (secondary N) is 1. The molecule has 0 radical (unpaired) electrons. The van der Waals surface area contributed by atoms with Crippen LogP contribution in [0.5, 0.6) is 0 Å². The van der Waals surface area contributed by atoms with Gasteiger partial charge in [-0.2, -0.15) is 0 Å². The van der Waals surface area contributed by atoms with Crippen molar-refractivity contribution in [1.82, 2.24) is 5.32 Å². The van der Waals surface area contributed by atoms with Gasteiger partial charge in [-0.1, -0.05) is 6.07 Å². The van der Waals surface area contributed by atoms with Crippen LogP contribution in [0.2, 0.25) is 0 Å². The summed E-state index contributed by atoms with van der Waals surface area (Å²) in [5.74, 6) is -1.21. The molecule has 1 aromatic carbocycles. The highest BCUT2D eigenvalue weighted by Gasteiger charge is 2.25. The van der Waals surface area contributed by atoms with Gasteiger partial charge in [-0.15, -0.1) is 0 Å². The summed E-state index contributed by atoms with van der Waals surface area (Å²) >= 11 is 0. The van der Waals surface area contributed by atoms with E-state index in [0.29, 0.717) is 13.0 Å². The van der Waals surface area contributed by atoms with Crippen molar-refractivity contribution in [3.8, 4) is 0 Å². The van der Waals surface area contributed by atoms with E-state index in [2.05, 4.69) is 5.32 Å². The van der Waals surface area contributed by atoms with Crippen LogP contribution >= 0.6 is 0 Å². The van der Waals surface area contributed by atoms with Crippen LogP contribution in [-0.4, -0.2) is 22.8 Å². The fourth-order valence-electron chi connectivity index (χ4n) is 1.88. The molecule has 0 spiro atoms. The van der Waals surface area contributed by atoms with Gasteiger partial charge in [-0.05, 0) is 52.8 Å². The first kappa shape index (κ1) is 16.1. The molecule has 0 aromatic heterocycles. The van der Waals surface area contributed by atoms with Gasteiger partial charge in [0.2, 0.25) is 0 Å². The van der Waals surface area contributed by atoms with Crippen LogP contribution in [0.1, 0.15) is 39.7 Å². The minimum atomic E-state index is -1.14. The molecular weight excluding hydrogens is 248 g/mol. The molecule has 2 nitrogen and oxygen atoms in total. The van der Waals surface area contributed by atoms with Crippen LogP contribution in [0.4, 0.5) is 8.78 Å². The van der Waals surface area contributed by atoms with Crippen molar-refractivity contribution in [2.24, 2.45) is 0 Å². The van der Waals surface area contributed by atoms with Crippen LogP contribution in [0.25, 0.3) is 0 Å². The first-order chi connectivity index (χ1) is 8.61. The second-order valence-electron chi connectivity index (χ2n) is 6.30. The monoisotopic (exact) mass is 271 g/mol. The van der Waals surface area contributed by atoms with E-state index in [9.17, 15) is 13.9 Å². The minimum Gasteiger partial charge on any atom is -0.390 e. The first-order valence-electron chi connectivity index (χ1n) is 6.51. The van der Waals surface area contributed by atoms with Gasteiger partial charge >= 0.3 is 0 Å². The Bertz CT molecular complexity index is 404. The van der Waals surface area contributed by atoms with Gasteiger partial charge in [0.05, 0.1) is 5.60 Å². The van der Waals surface area contributed by atoms with E-state index in [1.807, 2.05) is 20.8 Å². The molecule has 0 amide bonds. The second-order valence-corrected chi connectivity index (χ2v) is 6.30. The molecule has 2 N–H and O–H groups in total. The van der Waals surface area contributed by atoms with Crippen LogP contribution in [0.3, 0.4) is 0 Å². The van der Waals surface area contributed by atoms with Crippen molar-refractivity contribution in [1.29, 1.82) is 0 Å². The highest BCUT2D eigenvalue weighted by Crippen LogP contribution is 2.21. The standard InChI is InChI=1S/C15H23F2NO/c1-14(2,3)18-9-8-15(4,19)10-11-12(16)6-5-7-13(11)17/h5-7,18-19H,8-10H2,1-4H3. The molecule has 0 saturated carbocycles. The lowest BCUT2D eigenvalue weighted by Gasteiger charge is -2.27. The number of aliphatic hydroxyl groups is 1. The zero-order chi connectivity index (χ0) is 14.7. The first-order valence-corrected chi connectivity index (χ1v) is 6.51. The summed E-state index contributed by atoms with van der Waals surface area (Å²) in [6.45, 7) is 8.27. The van der Waals surface area contributed by atoms with Gasteiger partial charge in [0.1, 0.15) is 11.6 Å². The van der Waals surface area contributed by atoms with Gasteiger partial charge in [0, 0.05) is 17.5 Å². The predicted octanol–water partition coefficient (Wildman–Crippen LogP) is 3.04. The maximum Gasteiger partial charge on any atom is 0.129 e. The van der Waals surface area contributed by atoms with Crippen molar-refractivity contribution in [3.63, 3.8) is 0 Å². The Hall–Kier alpha value is -1.00. The predicted molar refractivity (Wildman–Crippen MR) is 73.1 cm³/mol. The van der Waals surface area contributed by atoms with Crippen molar-refractivity contribution in [2.45, 2.75) is 51.7 Å². The third-order valence-corrected chi connectivity index (χ3v) is 2.94. The number of benzene rings is 1. The van der Waals surface area contributed by atoms with E-state index >= 15 is 0 Å². The lowest BCUT2D eigenvalue weighted by Crippen LogP contribution is -2.40. The third kappa shape index (κ3) is 5.66. The average Bonchev–Trinajstić information content (AvgIpc) is 2.21. The van der Waals surface area contributed by atoms with E-state index in [0.717, 1.165) is 0 Å². The highest BCUT2D eigenvalue weighted by molar-refractivity contribution is 5.21. The maximum atomic E-state index is 13.5. The quantitative estimate of drug-likeness (QED) is 0.862. The number of rotatable bonds is 5. The van der Waals surface area contributed by atoms with Gasteiger partial charge in [-0.3, -0.25) is 0 Å². The van der Waals surface area contributed by atoms with Crippen LogP contribution < -0.4 is 5.32 Å². The lowest BCUT2D eigenvalue weighted by molar-refractivity contribution is 0.0482. The average molecular weight is 271 g/mol. The molecule has 1 aromatic rings. The minimum absolute atomic E-state index is 0.0304. The molecule has 0 heterocycles. The summed E-state index contributed by atoms with van der Waals surface area (Å²) in [5, 5.41) is 13.5. The van der Waals surface area contributed by atoms with Gasteiger partial charge in [0.15, 0.2) is 0 Å². The molecule has 108 valence electrons. The Labute approximate surface area is 113 Å². The summed E-state index contributed by atoms with van der Waals surface area (Å²) in [7, 11) is 0. The normalized spacial score (nSPS) is 15.3. The fourth-order valence-corrected chi connectivity index (χ4v) is 1.88. The van der Waals surface area contributed by atoms with Gasteiger partial charge in [-0.25, -0.2) is 8.78 Å². The van der Waals surface area contributed by atoms with Crippen LogP contribution in [-0.2, 0) is 6.42 Å². The maximum absolute atomic E-state index is 13.5. The van der Waals surface area contributed by atoms with Gasteiger partial charge < -0.3 is 10.4 Å². The largest absolute Gasteiger partial charge is 0.390 e. The Morgan fingerprint density at radius 2 is 1.63 bits per heavy atom. The summed E-state index contributed by atoms with van der Waals surface area (Å²) in [6.07, 6.45) is 0.398. The molecule has 0 aliphatic carbocycles. The molecule has 4 heteroatoms. The summed E-state index contributed by atoms with van der Waals surface area (Å²) < 4.78 is 27.1.